The van der Waals surface area contributed by atoms with Crippen LogP contribution in [0.3, 0.4) is 0 Å². The van der Waals surface area contributed by atoms with E-state index in [1.54, 1.807) is 0 Å². The highest BCUT2D eigenvalue weighted by Crippen LogP contribution is 2.31. The topological polar surface area (TPSA) is 18.5 Å². The van der Waals surface area contributed by atoms with Gasteiger partial charge in [-0.1, -0.05) is 24.6 Å². The summed E-state index contributed by atoms with van der Waals surface area (Å²) in [5.41, 5.74) is 1.52. The molecule has 0 N–H and O–H groups in total. The van der Waals surface area contributed by atoms with Gasteiger partial charge in [0.1, 0.15) is 5.75 Å². The van der Waals surface area contributed by atoms with E-state index in [0.717, 1.165) is 38.0 Å². The molecule has 0 atom stereocenters. The van der Waals surface area contributed by atoms with Gasteiger partial charge in [0.25, 0.3) is 0 Å². The number of rotatable bonds is 5. The molecule has 0 saturated carbocycles. The number of hydrogen-bond acceptors (Lipinski definition) is 2. The van der Waals surface area contributed by atoms with Crippen LogP contribution in [-0.4, -0.2) is 30.1 Å². The highest BCUT2D eigenvalue weighted by atomic mass is 28.1. The lowest BCUT2D eigenvalue weighted by atomic mass is 9.84. The predicted molar refractivity (Wildman–Crippen MR) is 64.9 cm³/mol. The number of benzene rings is 1. The van der Waals surface area contributed by atoms with Crippen LogP contribution in [0.25, 0.3) is 0 Å². The molecule has 2 nitrogen and oxygen atoms in total. The Morgan fingerprint density at radius 3 is 2.44 bits per heavy atom. The third kappa shape index (κ3) is 2.47. The van der Waals surface area contributed by atoms with Crippen LogP contribution in [0, 0.1) is 5.41 Å². The van der Waals surface area contributed by atoms with E-state index in [1.165, 1.54) is 5.56 Å². The Labute approximate surface area is 100 Å². The van der Waals surface area contributed by atoms with E-state index in [0.29, 0.717) is 0 Å². The zero-order valence-electron chi connectivity index (χ0n) is 9.66. The second-order valence-electron chi connectivity index (χ2n) is 4.46. The van der Waals surface area contributed by atoms with E-state index in [4.69, 9.17) is 9.47 Å². The van der Waals surface area contributed by atoms with Crippen LogP contribution in [0.1, 0.15) is 18.9 Å². The largest absolute Gasteiger partial charge is 0.493 e. The fraction of sp³-hybridized carbons (Fsp3) is 0.538. The lowest BCUT2D eigenvalue weighted by Gasteiger charge is -2.40. The highest BCUT2D eigenvalue weighted by molar-refractivity contribution is 6.08. The Kier molecular flexibility index (Phi) is 3.66. The standard InChI is InChI=1S/C13H17O2Si/c1-2-13(8-14-9-13)10-15-12-5-3-11(7-16)4-6-12/h3-6H,2,7-10H2,1H3. The molecule has 0 spiro atoms. The lowest BCUT2D eigenvalue weighted by Crippen LogP contribution is -2.46. The maximum atomic E-state index is 5.81. The van der Waals surface area contributed by atoms with Crippen molar-refractivity contribution in [2.45, 2.75) is 19.4 Å². The van der Waals surface area contributed by atoms with Crippen LogP contribution in [0.15, 0.2) is 24.3 Å². The van der Waals surface area contributed by atoms with Crippen LogP contribution in [-0.2, 0) is 10.8 Å². The minimum atomic E-state index is 0.258. The van der Waals surface area contributed by atoms with Gasteiger partial charge in [-0.05, 0) is 24.6 Å². The fourth-order valence-corrected chi connectivity index (χ4v) is 1.96. The van der Waals surface area contributed by atoms with Gasteiger partial charge in [0.05, 0.1) is 25.2 Å². The van der Waals surface area contributed by atoms with E-state index in [1.807, 2.05) is 12.1 Å². The molecule has 0 bridgehead atoms. The van der Waals surface area contributed by atoms with Gasteiger partial charge in [-0.2, -0.15) is 0 Å². The Hall–Kier alpha value is -0.803. The van der Waals surface area contributed by atoms with Crippen LogP contribution in [0.5, 0.6) is 5.75 Å². The second-order valence-corrected chi connectivity index (χ2v) is 4.81. The third-order valence-corrected chi connectivity index (χ3v) is 3.65. The molecule has 1 aromatic rings. The molecule has 1 fully saturated rings. The van der Waals surface area contributed by atoms with Gasteiger partial charge < -0.3 is 9.47 Å². The van der Waals surface area contributed by atoms with Gasteiger partial charge >= 0.3 is 0 Å². The van der Waals surface area contributed by atoms with E-state index in [9.17, 15) is 0 Å². The summed E-state index contributed by atoms with van der Waals surface area (Å²) in [4.78, 5) is 0. The summed E-state index contributed by atoms with van der Waals surface area (Å²) in [5, 5.41) is 0. The van der Waals surface area contributed by atoms with Gasteiger partial charge in [-0.3, -0.25) is 0 Å². The van der Waals surface area contributed by atoms with Crippen molar-refractivity contribution in [3.05, 3.63) is 29.8 Å². The molecule has 1 aromatic carbocycles. The third-order valence-electron chi connectivity index (χ3n) is 3.24. The van der Waals surface area contributed by atoms with Crippen molar-refractivity contribution in [1.29, 1.82) is 0 Å². The van der Waals surface area contributed by atoms with Crippen LogP contribution >= 0.6 is 0 Å². The zero-order chi connectivity index (χ0) is 11.4. The van der Waals surface area contributed by atoms with Gasteiger partial charge in [0, 0.05) is 10.2 Å². The molecule has 1 saturated heterocycles. The first-order chi connectivity index (χ1) is 7.78. The molecular formula is C13H17O2Si. The number of hydrogen-bond donors (Lipinski definition) is 0. The summed E-state index contributed by atoms with van der Waals surface area (Å²) >= 11 is 0. The van der Waals surface area contributed by atoms with E-state index in [2.05, 4.69) is 29.3 Å². The first-order valence-corrected chi connectivity index (χ1v) is 6.43. The SMILES string of the molecule is CCC1(COc2ccc(C[Si])cc2)COC1. The molecule has 1 aliphatic heterocycles. The normalized spacial score (nSPS) is 17.9. The minimum absolute atomic E-state index is 0.258. The predicted octanol–water partition coefficient (Wildman–Crippen LogP) is 2.16. The maximum absolute atomic E-state index is 5.81. The monoisotopic (exact) mass is 233 g/mol. The van der Waals surface area contributed by atoms with Crippen LogP contribution < -0.4 is 4.74 Å². The Balaban J connectivity index is 1.89. The van der Waals surface area contributed by atoms with Gasteiger partial charge in [0.2, 0.25) is 0 Å². The Morgan fingerprint density at radius 2 is 2.00 bits per heavy atom. The van der Waals surface area contributed by atoms with E-state index < -0.39 is 0 Å². The van der Waals surface area contributed by atoms with Crippen molar-refractivity contribution >= 4 is 10.2 Å². The van der Waals surface area contributed by atoms with Crippen molar-refractivity contribution in [3.63, 3.8) is 0 Å². The smallest absolute Gasteiger partial charge is 0.119 e. The molecule has 16 heavy (non-hydrogen) atoms. The Morgan fingerprint density at radius 1 is 1.31 bits per heavy atom. The highest BCUT2D eigenvalue weighted by Gasteiger charge is 2.37. The fourth-order valence-electron chi connectivity index (χ4n) is 1.72. The molecule has 85 valence electrons. The summed E-state index contributed by atoms with van der Waals surface area (Å²) in [6, 6.07) is 9.10. The summed E-state index contributed by atoms with van der Waals surface area (Å²) in [6.07, 6.45) is 1.12. The molecule has 0 aromatic heterocycles. The van der Waals surface area contributed by atoms with E-state index in [-0.39, 0.29) is 5.41 Å². The van der Waals surface area contributed by atoms with Crippen molar-refractivity contribution < 1.29 is 9.47 Å². The van der Waals surface area contributed by atoms with Gasteiger partial charge in [0.15, 0.2) is 0 Å². The average Bonchev–Trinajstić information content (AvgIpc) is 2.29. The first-order valence-electron chi connectivity index (χ1n) is 5.72. The summed E-state index contributed by atoms with van der Waals surface area (Å²) in [7, 11) is 3.47. The molecule has 2 rings (SSSR count). The maximum Gasteiger partial charge on any atom is 0.119 e. The molecular weight excluding hydrogens is 216 g/mol. The quantitative estimate of drug-likeness (QED) is 0.726. The van der Waals surface area contributed by atoms with Gasteiger partial charge in [-0.25, -0.2) is 0 Å². The van der Waals surface area contributed by atoms with E-state index >= 15 is 0 Å². The zero-order valence-corrected chi connectivity index (χ0v) is 10.7. The molecule has 3 heteroatoms. The second kappa shape index (κ2) is 5.02. The van der Waals surface area contributed by atoms with Crippen molar-refractivity contribution in [2.75, 3.05) is 19.8 Å². The van der Waals surface area contributed by atoms with Crippen molar-refractivity contribution in [3.8, 4) is 5.75 Å². The Bertz CT molecular complexity index is 325. The number of ether oxygens (including phenoxy) is 2. The first kappa shape index (κ1) is 11.7. The van der Waals surface area contributed by atoms with Crippen molar-refractivity contribution in [1.82, 2.24) is 0 Å². The summed E-state index contributed by atoms with van der Waals surface area (Å²) < 4.78 is 11.1. The van der Waals surface area contributed by atoms with Gasteiger partial charge in [-0.15, -0.1) is 0 Å². The van der Waals surface area contributed by atoms with Crippen molar-refractivity contribution in [2.24, 2.45) is 5.41 Å². The average molecular weight is 233 g/mol. The molecule has 0 amide bonds. The van der Waals surface area contributed by atoms with Crippen LogP contribution in [0.4, 0.5) is 0 Å². The lowest BCUT2D eigenvalue weighted by molar-refractivity contribution is -0.133. The molecule has 0 aliphatic carbocycles. The molecule has 1 aliphatic rings. The molecule has 0 unspecified atom stereocenters. The molecule has 3 radical (unpaired) electrons. The van der Waals surface area contributed by atoms with Crippen LogP contribution in [0.2, 0.25) is 0 Å². The molecule has 1 heterocycles. The summed E-state index contributed by atoms with van der Waals surface area (Å²) in [6.45, 7) is 4.63. The minimum Gasteiger partial charge on any atom is -0.493 e. The summed E-state index contributed by atoms with van der Waals surface area (Å²) in [5.74, 6) is 0.948.